The van der Waals surface area contributed by atoms with Crippen molar-refractivity contribution >= 4 is 38.9 Å². The van der Waals surface area contributed by atoms with Gasteiger partial charge in [0.25, 0.3) is 0 Å². The zero-order chi connectivity index (χ0) is 15.6. The largest absolute Gasteiger partial charge is 0.280 e. The number of nitrogens with zero attached hydrogens (tertiary/aromatic N) is 1. The highest BCUT2D eigenvalue weighted by Crippen LogP contribution is 2.27. The zero-order valence-electron chi connectivity index (χ0n) is 10.9. The lowest BCUT2D eigenvalue weighted by Crippen LogP contribution is -2.16. The molecule has 0 aliphatic rings. The Hall–Kier alpha value is -1.37. The highest BCUT2D eigenvalue weighted by atomic mass is 35.5. The van der Waals surface area contributed by atoms with E-state index in [1.807, 2.05) is 0 Å². The molecular formula is C13H11Cl2FN2O2S. The van der Waals surface area contributed by atoms with Crippen LogP contribution in [-0.4, -0.2) is 13.4 Å². The molecule has 1 N–H and O–H groups in total. The van der Waals surface area contributed by atoms with Crippen LogP contribution in [0.2, 0.25) is 10.3 Å². The predicted molar refractivity (Wildman–Crippen MR) is 81.6 cm³/mol. The second-order valence-corrected chi connectivity index (χ2v) is 6.88. The fraction of sp³-hybridized carbons (Fsp3) is 0.154. The molecule has 0 aliphatic carbocycles. The summed E-state index contributed by atoms with van der Waals surface area (Å²) >= 11 is 11.6. The Morgan fingerprint density at radius 3 is 2.43 bits per heavy atom. The second-order valence-electron chi connectivity index (χ2n) is 4.42. The summed E-state index contributed by atoms with van der Waals surface area (Å²) in [5.74, 6) is -0.726. The van der Waals surface area contributed by atoms with Crippen molar-refractivity contribution in [3.05, 3.63) is 57.6 Å². The number of sulfonamides is 1. The van der Waals surface area contributed by atoms with Gasteiger partial charge in [0.15, 0.2) is 5.15 Å². The van der Waals surface area contributed by atoms with E-state index in [1.54, 1.807) is 6.92 Å². The number of rotatable bonds is 4. The minimum atomic E-state index is -3.70. The third-order valence-electron chi connectivity index (χ3n) is 2.67. The Bertz CT molecular complexity index is 741. The molecule has 1 heterocycles. The Labute approximate surface area is 132 Å². The molecule has 2 rings (SSSR count). The standard InChI is InChI=1S/C13H11Cl2FN2O2S/c1-8-6-11(14)17-13(15)12(8)18-21(19,20)7-9-2-4-10(16)5-3-9/h2-6,18H,7H2,1H3. The van der Waals surface area contributed by atoms with E-state index in [2.05, 4.69) is 9.71 Å². The summed E-state index contributed by atoms with van der Waals surface area (Å²) in [4.78, 5) is 3.79. The Kier molecular flexibility index (Phi) is 4.70. The molecule has 0 spiro atoms. The highest BCUT2D eigenvalue weighted by molar-refractivity contribution is 7.91. The molecule has 21 heavy (non-hydrogen) atoms. The molecule has 1 aromatic carbocycles. The van der Waals surface area contributed by atoms with Crippen LogP contribution in [0.15, 0.2) is 30.3 Å². The van der Waals surface area contributed by atoms with Gasteiger partial charge in [-0.3, -0.25) is 4.72 Å². The molecule has 0 saturated carbocycles. The number of benzene rings is 1. The fourth-order valence-electron chi connectivity index (χ4n) is 1.71. The third kappa shape index (κ3) is 4.30. The number of hydrogen-bond acceptors (Lipinski definition) is 3. The topological polar surface area (TPSA) is 59.1 Å². The first-order valence-corrected chi connectivity index (χ1v) is 8.25. The minimum absolute atomic E-state index is 0.0253. The lowest BCUT2D eigenvalue weighted by Gasteiger charge is -2.12. The van der Waals surface area contributed by atoms with E-state index in [0.29, 0.717) is 11.1 Å². The SMILES string of the molecule is Cc1cc(Cl)nc(Cl)c1NS(=O)(=O)Cc1ccc(F)cc1. The van der Waals surface area contributed by atoms with E-state index in [9.17, 15) is 12.8 Å². The van der Waals surface area contributed by atoms with Crippen LogP contribution in [0.5, 0.6) is 0 Å². The van der Waals surface area contributed by atoms with Crippen LogP contribution >= 0.6 is 23.2 Å². The fourth-order valence-corrected chi connectivity index (χ4v) is 3.62. The first-order valence-electron chi connectivity index (χ1n) is 5.84. The summed E-state index contributed by atoms with van der Waals surface area (Å²) in [6.07, 6.45) is 0. The normalized spacial score (nSPS) is 11.4. The van der Waals surface area contributed by atoms with Crippen LogP contribution in [0, 0.1) is 12.7 Å². The van der Waals surface area contributed by atoms with Gasteiger partial charge in [-0.2, -0.15) is 0 Å². The van der Waals surface area contributed by atoms with Gasteiger partial charge >= 0.3 is 0 Å². The maximum atomic E-state index is 12.8. The number of nitrogens with one attached hydrogen (secondary N) is 1. The molecule has 0 amide bonds. The van der Waals surface area contributed by atoms with Crippen molar-refractivity contribution in [2.75, 3.05) is 4.72 Å². The van der Waals surface area contributed by atoms with Crippen molar-refractivity contribution in [2.45, 2.75) is 12.7 Å². The number of aromatic nitrogens is 1. The Morgan fingerprint density at radius 1 is 1.24 bits per heavy atom. The van der Waals surface area contributed by atoms with Crippen molar-refractivity contribution in [2.24, 2.45) is 0 Å². The molecule has 4 nitrogen and oxygen atoms in total. The van der Waals surface area contributed by atoms with Gasteiger partial charge in [-0.1, -0.05) is 35.3 Å². The second kappa shape index (κ2) is 6.17. The highest BCUT2D eigenvalue weighted by Gasteiger charge is 2.16. The van der Waals surface area contributed by atoms with Gasteiger partial charge in [0.05, 0.1) is 11.4 Å². The van der Waals surface area contributed by atoms with E-state index in [4.69, 9.17) is 23.2 Å². The summed E-state index contributed by atoms with van der Waals surface area (Å²) in [5.41, 5.74) is 1.20. The lowest BCUT2D eigenvalue weighted by atomic mass is 10.2. The summed E-state index contributed by atoms with van der Waals surface area (Å²) in [6.45, 7) is 1.66. The molecule has 0 aliphatic heterocycles. The molecule has 0 saturated heterocycles. The van der Waals surface area contributed by atoms with Crippen LogP contribution in [-0.2, 0) is 15.8 Å². The smallest absolute Gasteiger partial charge is 0.237 e. The Balaban J connectivity index is 2.24. The number of pyridine rings is 1. The van der Waals surface area contributed by atoms with Crippen molar-refractivity contribution in [1.29, 1.82) is 0 Å². The monoisotopic (exact) mass is 348 g/mol. The van der Waals surface area contributed by atoms with Crippen LogP contribution < -0.4 is 4.72 Å². The zero-order valence-corrected chi connectivity index (χ0v) is 13.2. The van der Waals surface area contributed by atoms with E-state index < -0.39 is 15.8 Å². The molecule has 1 aromatic heterocycles. The predicted octanol–water partition coefficient (Wildman–Crippen LogP) is 3.78. The number of hydrogen-bond donors (Lipinski definition) is 1. The number of halogens is 3. The molecular weight excluding hydrogens is 338 g/mol. The minimum Gasteiger partial charge on any atom is -0.280 e. The summed E-state index contributed by atoms with van der Waals surface area (Å²) in [6, 6.07) is 6.72. The van der Waals surface area contributed by atoms with Crippen LogP contribution in [0.3, 0.4) is 0 Å². The van der Waals surface area contributed by atoms with Gasteiger partial charge in [0.2, 0.25) is 10.0 Å². The number of aryl methyl sites for hydroxylation is 1. The molecule has 0 unspecified atom stereocenters. The van der Waals surface area contributed by atoms with E-state index in [1.165, 1.54) is 30.3 Å². The van der Waals surface area contributed by atoms with Gasteiger partial charge in [0, 0.05) is 0 Å². The maximum Gasteiger partial charge on any atom is 0.237 e. The molecule has 0 fully saturated rings. The first kappa shape index (κ1) is 16.0. The van der Waals surface area contributed by atoms with E-state index in [-0.39, 0.29) is 21.7 Å². The van der Waals surface area contributed by atoms with Gasteiger partial charge in [0.1, 0.15) is 11.0 Å². The van der Waals surface area contributed by atoms with E-state index >= 15 is 0 Å². The van der Waals surface area contributed by atoms with Gasteiger partial charge in [-0.15, -0.1) is 0 Å². The van der Waals surface area contributed by atoms with Crippen molar-refractivity contribution in [3.63, 3.8) is 0 Å². The number of anilines is 1. The average Bonchev–Trinajstić information content (AvgIpc) is 2.36. The average molecular weight is 349 g/mol. The van der Waals surface area contributed by atoms with Gasteiger partial charge in [-0.25, -0.2) is 17.8 Å². The van der Waals surface area contributed by atoms with Crippen molar-refractivity contribution in [1.82, 2.24) is 4.98 Å². The molecule has 8 heteroatoms. The molecule has 0 radical (unpaired) electrons. The van der Waals surface area contributed by atoms with Crippen LogP contribution in [0.1, 0.15) is 11.1 Å². The van der Waals surface area contributed by atoms with Crippen molar-refractivity contribution < 1.29 is 12.8 Å². The first-order chi connectivity index (χ1) is 9.77. The summed E-state index contributed by atoms with van der Waals surface area (Å²) in [5, 5.41) is 0.154. The summed E-state index contributed by atoms with van der Waals surface area (Å²) in [7, 11) is -3.70. The van der Waals surface area contributed by atoms with E-state index in [0.717, 1.165) is 0 Å². The molecule has 0 bridgehead atoms. The molecule has 0 atom stereocenters. The summed E-state index contributed by atoms with van der Waals surface area (Å²) < 4.78 is 39.4. The lowest BCUT2D eigenvalue weighted by molar-refractivity contribution is 0.600. The van der Waals surface area contributed by atoms with Gasteiger partial charge < -0.3 is 0 Å². The van der Waals surface area contributed by atoms with Crippen LogP contribution in [0.25, 0.3) is 0 Å². The molecule has 112 valence electrons. The quantitative estimate of drug-likeness (QED) is 0.855. The third-order valence-corrected chi connectivity index (χ3v) is 4.36. The Morgan fingerprint density at radius 2 is 1.86 bits per heavy atom. The molecule has 2 aromatic rings. The maximum absolute atomic E-state index is 12.8. The van der Waals surface area contributed by atoms with Crippen molar-refractivity contribution in [3.8, 4) is 0 Å². The van der Waals surface area contributed by atoms with Crippen LogP contribution in [0.4, 0.5) is 10.1 Å². The van der Waals surface area contributed by atoms with Gasteiger partial charge in [-0.05, 0) is 36.2 Å².